The summed E-state index contributed by atoms with van der Waals surface area (Å²) in [4.78, 5) is 0. The van der Waals surface area contributed by atoms with E-state index < -0.39 is 5.41 Å². The number of nitrogens with one attached hydrogen (secondary N) is 1. The third kappa shape index (κ3) is 2.30. The van der Waals surface area contributed by atoms with Gasteiger partial charge in [-0.25, -0.2) is 5.53 Å². The minimum atomic E-state index is -0.457. The standard InChI is InChI=1S/C5H9N3/c1-5(2,3-6)4-8-7/h7H,4H2,1-2H3. The number of nitriles is 1. The van der Waals surface area contributed by atoms with Gasteiger partial charge < -0.3 is 0 Å². The van der Waals surface area contributed by atoms with Gasteiger partial charge in [0.15, 0.2) is 0 Å². The Labute approximate surface area is 48.8 Å². The summed E-state index contributed by atoms with van der Waals surface area (Å²) >= 11 is 0. The van der Waals surface area contributed by atoms with Gasteiger partial charge in [0.2, 0.25) is 0 Å². The molecule has 0 saturated heterocycles. The van der Waals surface area contributed by atoms with Gasteiger partial charge in [-0.1, -0.05) is 0 Å². The lowest BCUT2D eigenvalue weighted by Gasteiger charge is -2.07. The molecule has 0 atom stereocenters. The van der Waals surface area contributed by atoms with E-state index in [4.69, 9.17) is 10.8 Å². The second kappa shape index (κ2) is 2.41. The van der Waals surface area contributed by atoms with E-state index >= 15 is 0 Å². The van der Waals surface area contributed by atoms with Crippen LogP contribution in [-0.2, 0) is 0 Å². The molecule has 3 heteroatoms. The molecular formula is C5H9N3. The van der Waals surface area contributed by atoms with Gasteiger partial charge >= 0.3 is 0 Å². The largest absolute Gasteiger partial charge is 0.210 e. The fourth-order valence-electron chi connectivity index (χ4n) is 0.233. The molecule has 3 nitrogen and oxygen atoms in total. The first-order chi connectivity index (χ1) is 3.62. The van der Waals surface area contributed by atoms with Crippen LogP contribution in [0.2, 0.25) is 0 Å². The summed E-state index contributed by atoms with van der Waals surface area (Å²) < 4.78 is 0. The molecule has 0 aliphatic rings. The minimum Gasteiger partial charge on any atom is -0.210 e. The predicted molar refractivity (Wildman–Crippen MR) is 29.4 cm³/mol. The number of rotatable bonds is 2. The molecule has 0 rings (SSSR count). The van der Waals surface area contributed by atoms with Crippen LogP contribution in [0, 0.1) is 22.3 Å². The van der Waals surface area contributed by atoms with Crippen molar-refractivity contribution in [3.63, 3.8) is 0 Å². The number of nitrogens with zero attached hydrogens (tertiary/aromatic N) is 2. The summed E-state index contributed by atoms with van der Waals surface area (Å²) in [6.07, 6.45) is 0. The Morgan fingerprint density at radius 2 is 2.25 bits per heavy atom. The van der Waals surface area contributed by atoms with Crippen LogP contribution in [0.5, 0.6) is 0 Å². The molecule has 0 heterocycles. The normalized spacial score (nSPS) is 10.1. The fraction of sp³-hybridized carbons (Fsp3) is 0.800. The fourth-order valence-corrected chi connectivity index (χ4v) is 0.233. The molecule has 0 saturated carbocycles. The zero-order valence-corrected chi connectivity index (χ0v) is 5.10. The summed E-state index contributed by atoms with van der Waals surface area (Å²) in [5, 5.41) is 11.4. The van der Waals surface area contributed by atoms with Gasteiger partial charge in [-0.2, -0.15) is 10.4 Å². The smallest absolute Gasteiger partial charge is 0.0777 e. The maximum absolute atomic E-state index is 8.33. The highest BCUT2D eigenvalue weighted by molar-refractivity contribution is 4.92. The zero-order valence-electron chi connectivity index (χ0n) is 5.10. The summed E-state index contributed by atoms with van der Waals surface area (Å²) in [5.74, 6) is 0. The van der Waals surface area contributed by atoms with Crippen LogP contribution in [0.15, 0.2) is 5.11 Å². The lowest BCUT2D eigenvalue weighted by atomic mass is 9.97. The second-order valence-electron chi connectivity index (χ2n) is 2.31. The van der Waals surface area contributed by atoms with E-state index in [2.05, 4.69) is 5.11 Å². The van der Waals surface area contributed by atoms with Crippen LogP contribution in [0.3, 0.4) is 0 Å². The quantitative estimate of drug-likeness (QED) is 0.540. The van der Waals surface area contributed by atoms with E-state index in [0.717, 1.165) is 0 Å². The molecule has 44 valence electrons. The Balaban J connectivity index is 3.76. The molecule has 0 bridgehead atoms. The van der Waals surface area contributed by atoms with Gasteiger partial charge in [-0.3, -0.25) is 0 Å². The SMILES string of the molecule is CC(C)(C#N)CN=N. The monoisotopic (exact) mass is 111 g/mol. The van der Waals surface area contributed by atoms with Crippen molar-refractivity contribution < 1.29 is 0 Å². The highest BCUT2D eigenvalue weighted by Crippen LogP contribution is 2.11. The molecule has 1 N–H and O–H groups in total. The lowest BCUT2D eigenvalue weighted by Crippen LogP contribution is -2.11. The third-order valence-electron chi connectivity index (χ3n) is 0.777. The number of hydrogen-bond acceptors (Lipinski definition) is 3. The minimum absolute atomic E-state index is 0.295. The molecule has 0 amide bonds. The maximum Gasteiger partial charge on any atom is 0.0777 e. The molecule has 0 aliphatic heterocycles. The topological polar surface area (TPSA) is 60.0 Å². The van der Waals surface area contributed by atoms with E-state index in [9.17, 15) is 0 Å². The van der Waals surface area contributed by atoms with E-state index in [0.29, 0.717) is 6.54 Å². The maximum atomic E-state index is 8.33. The first-order valence-electron chi connectivity index (χ1n) is 2.37. The molecule has 8 heavy (non-hydrogen) atoms. The molecule has 0 unspecified atom stereocenters. The molecular weight excluding hydrogens is 102 g/mol. The van der Waals surface area contributed by atoms with Gasteiger partial charge in [0.1, 0.15) is 0 Å². The average Bonchev–Trinajstić information content (AvgIpc) is 1.67. The Morgan fingerprint density at radius 3 is 2.38 bits per heavy atom. The van der Waals surface area contributed by atoms with Gasteiger partial charge in [0, 0.05) is 0 Å². The van der Waals surface area contributed by atoms with Crippen molar-refractivity contribution >= 4 is 0 Å². The Hall–Kier alpha value is -0.910. The van der Waals surface area contributed by atoms with Gasteiger partial charge in [-0.05, 0) is 13.8 Å². The van der Waals surface area contributed by atoms with Crippen molar-refractivity contribution in [1.82, 2.24) is 0 Å². The highest BCUT2D eigenvalue weighted by Gasteiger charge is 2.14. The van der Waals surface area contributed by atoms with Gasteiger partial charge in [0.05, 0.1) is 18.0 Å². The van der Waals surface area contributed by atoms with Crippen molar-refractivity contribution in [3.05, 3.63) is 0 Å². The van der Waals surface area contributed by atoms with Crippen molar-refractivity contribution in [1.29, 1.82) is 10.8 Å². The van der Waals surface area contributed by atoms with Crippen LogP contribution >= 0.6 is 0 Å². The predicted octanol–water partition coefficient (Wildman–Crippen LogP) is 1.57. The van der Waals surface area contributed by atoms with E-state index in [1.165, 1.54) is 0 Å². The molecule has 0 aromatic rings. The Kier molecular flexibility index (Phi) is 2.14. The van der Waals surface area contributed by atoms with Crippen molar-refractivity contribution in [2.75, 3.05) is 6.54 Å². The van der Waals surface area contributed by atoms with Gasteiger partial charge in [0.25, 0.3) is 0 Å². The molecule has 0 aromatic carbocycles. The highest BCUT2D eigenvalue weighted by atomic mass is 15.0. The van der Waals surface area contributed by atoms with E-state index in [1.54, 1.807) is 13.8 Å². The first-order valence-corrected chi connectivity index (χ1v) is 2.37. The van der Waals surface area contributed by atoms with Crippen LogP contribution in [0.1, 0.15) is 13.8 Å². The Bertz CT molecular complexity index is 120. The summed E-state index contributed by atoms with van der Waals surface area (Å²) in [6.45, 7) is 3.81. The van der Waals surface area contributed by atoms with Crippen molar-refractivity contribution in [2.45, 2.75) is 13.8 Å². The molecule has 0 fully saturated rings. The Morgan fingerprint density at radius 1 is 1.75 bits per heavy atom. The molecule has 0 aliphatic carbocycles. The molecule has 0 spiro atoms. The van der Waals surface area contributed by atoms with Crippen molar-refractivity contribution in [3.8, 4) is 6.07 Å². The van der Waals surface area contributed by atoms with Crippen molar-refractivity contribution in [2.24, 2.45) is 10.5 Å². The lowest BCUT2D eigenvalue weighted by molar-refractivity contribution is 0.496. The summed E-state index contributed by atoms with van der Waals surface area (Å²) in [7, 11) is 0. The van der Waals surface area contributed by atoms with Crippen LogP contribution in [0.4, 0.5) is 0 Å². The van der Waals surface area contributed by atoms with E-state index in [-0.39, 0.29) is 0 Å². The molecule has 0 radical (unpaired) electrons. The zero-order chi connectivity index (χ0) is 6.62. The third-order valence-corrected chi connectivity index (χ3v) is 0.777. The van der Waals surface area contributed by atoms with Gasteiger partial charge in [-0.15, -0.1) is 0 Å². The summed E-state index contributed by atoms with van der Waals surface area (Å²) in [5.41, 5.74) is 5.98. The first kappa shape index (κ1) is 7.09. The van der Waals surface area contributed by atoms with Crippen LogP contribution in [0.25, 0.3) is 0 Å². The summed E-state index contributed by atoms with van der Waals surface area (Å²) in [6, 6.07) is 2.03. The average molecular weight is 111 g/mol. The number of hydrogen-bond donors (Lipinski definition) is 1. The second-order valence-corrected chi connectivity index (χ2v) is 2.31. The van der Waals surface area contributed by atoms with Crippen LogP contribution in [-0.4, -0.2) is 6.54 Å². The molecule has 0 aromatic heterocycles. The van der Waals surface area contributed by atoms with E-state index in [1.807, 2.05) is 6.07 Å². The van der Waals surface area contributed by atoms with Crippen LogP contribution < -0.4 is 0 Å².